The smallest absolute Gasteiger partial charge is 0.119 e. The minimum Gasteiger partial charge on any atom is -0.493 e. The maximum atomic E-state index is 5.79. The Kier molecular flexibility index (Phi) is 6.21. The van der Waals surface area contributed by atoms with Gasteiger partial charge in [0.05, 0.1) is 17.3 Å². The Bertz CT molecular complexity index is 566. The molecule has 21 heavy (non-hydrogen) atoms. The average molecular weight is 304 g/mol. The van der Waals surface area contributed by atoms with Crippen molar-refractivity contribution in [3.05, 3.63) is 45.4 Å². The highest BCUT2D eigenvalue weighted by molar-refractivity contribution is 7.11. The number of hydrogen-bond donors (Lipinski definition) is 1. The van der Waals surface area contributed by atoms with E-state index in [2.05, 4.69) is 43.2 Å². The largest absolute Gasteiger partial charge is 0.493 e. The van der Waals surface area contributed by atoms with Crippen LogP contribution >= 0.6 is 11.3 Å². The van der Waals surface area contributed by atoms with Crippen molar-refractivity contribution < 1.29 is 4.74 Å². The number of aryl methyl sites for hydroxylation is 2. The Morgan fingerprint density at radius 2 is 2.14 bits per heavy atom. The summed E-state index contributed by atoms with van der Waals surface area (Å²) >= 11 is 1.79. The van der Waals surface area contributed by atoms with Crippen molar-refractivity contribution in [2.75, 3.05) is 13.2 Å². The minimum absolute atomic E-state index is 0.679. The molecular weight excluding hydrogens is 280 g/mol. The average Bonchev–Trinajstić information content (AvgIpc) is 2.80. The summed E-state index contributed by atoms with van der Waals surface area (Å²) in [4.78, 5) is 5.98. The van der Waals surface area contributed by atoms with Gasteiger partial charge in [-0.15, -0.1) is 11.3 Å². The maximum Gasteiger partial charge on any atom is 0.119 e. The second-order valence-corrected chi connectivity index (χ2v) is 6.38. The van der Waals surface area contributed by atoms with Crippen LogP contribution in [0.15, 0.2) is 24.3 Å². The molecule has 0 fully saturated rings. The van der Waals surface area contributed by atoms with Crippen LogP contribution in [-0.2, 0) is 13.0 Å². The van der Waals surface area contributed by atoms with E-state index in [0.717, 1.165) is 42.4 Å². The number of rotatable bonds is 8. The topological polar surface area (TPSA) is 34.1 Å². The number of thiazole rings is 1. The molecule has 0 radical (unpaired) electrons. The number of ether oxygens (including phenoxy) is 1. The standard InChI is InChI=1S/C17H24N2OS/c1-4-9-18-12-16-14(3)19-17(21-16)8-10-20-15-7-5-6-13(2)11-15/h5-7,11,18H,4,8-10,12H2,1-3H3. The lowest BCUT2D eigenvalue weighted by molar-refractivity contribution is 0.321. The quantitative estimate of drug-likeness (QED) is 0.752. The summed E-state index contributed by atoms with van der Waals surface area (Å²) in [6.07, 6.45) is 2.03. The van der Waals surface area contributed by atoms with Crippen molar-refractivity contribution in [1.29, 1.82) is 0 Å². The molecule has 1 N–H and O–H groups in total. The predicted octanol–water partition coefficient (Wildman–Crippen LogP) is 3.88. The second-order valence-electron chi connectivity index (χ2n) is 5.21. The second kappa shape index (κ2) is 8.15. The highest BCUT2D eigenvalue weighted by Gasteiger charge is 2.07. The van der Waals surface area contributed by atoms with Gasteiger partial charge in [0.15, 0.2) is 0 Å². The molecule has 2 rings (SSSR count). The molecule has 0 saturated carbocycles. The number of nitrogens with zero attached hydrogens (tertiary/aromatic N) is 1. The van der Waals surface area contributed by atoms with Crippen LogP contribution in [0.25, 0.3) is 0 Å². The Labute approximate surface area is 131 Å². The molecule has 0 amide bonds. The Morgan fingerprint density at radius 1 is 1.29 bits per heavy atom. The Hall–Kier alpha value is -1.39. The van der Waals surface area contributed by atoms with E-state index in [1.807, 2.05) is 12.1 Å². The summed E-state index contributed by atoms with van der Waals surface area (Å²) in [5.74, 6) is 0.938. The third-order valence-corrected chi connectivity index (χ3v) is 4.44. The van der Waals surface area contributed by atoms with Gasteiger partial charge in [-0.3, -0.25) is 0 Å². The minimum atomic E-state index is 0.679. The van der Waals surface area contributed by atoms with Crippen molar-refractivity contribution in [3.8, 4) is 5.75 Å². The lowest BCUT2D eigenvalue weighted by atomic mass is 10.2. The summed E-state index contributed by atoms with van der Waals surface area (Å²) in [7, 11) is 0. The van der Waals surface area contributed by atoms with E-state index in [1.165, 1.54) is 10.4 Å². The fourth-order valence-electron chi connectivity index (χ4n) is 2.10. The normalized spacial score (nSPS) is 10.8. The molecule has 0 bridgehead atoms. The molecule has 114 valence electrons. The molecule has 0 aliphatic carbocycles. The maximum absolute atomic E-state index is 5.79. The van der Waals surface area contributed by atoms with Crippen LogP contribution in [0.3, 0.4) is 0 Å². The van der Waals surface area contributed by atoms with Gasteiger partial charge in [-0.1, -0.05) is 19.1 Å². The van der Waals surface area contributed by atoms with Gasteiger partial charge in [-0.2, -0.15) is 0 Å². The van der Waals surface area contributed by atoms with Crippen LogP contribution in [0.4, 0.5) is 0 Å². The highest BCUT2D eigenvalue weighted by atomic mass is 32.1. The summed E-state index contributed by atoms with van der Waals surface area (Å²) in [5, 5.41) is 4.59. The van der Waals surface area contributed by atoms with Crippen LogP contribution in [0.2, 0.25) is 0 Å². The van der Waals surface area contributed by atoms with E-state index in [1.54, 1.807) is 11.3 Å². The van der Waals surface area contributed by atoms with Gasteiger partial charge in [0, 0.05) is 17.8 Å². The van der Waals surface area contributed by atoms with E-state index in [-0.39, 0.29) is 0 Å². The van der Waals surface area contributed by atoms with Crippen LogP contribution in [-0.4, -0.2) is 18.1 Å². The number of hydrogen-bond acceptors (Lipinski definition) is 4. The molecule has 0 spiro atoms. The first-order chi connectivity index (χ1) is 10.2. The van der Waals surface area contributed by atoms with Crippen molar-refractivity contribution >= 4 is 11.3 Å². The molecule has 0 unspecified atom stereocenters. The molecule has 4 heteroatoms. The summed E-state index contributed by atoms with van der Waals surface area (Å²) in [6, 6.07) is 8.16. The highest BCUT2D eigenvalue weighted by Crippen LogP contribution is 2.19. The van der Waals surface area contributed by atoms with Crippen molar-refractivity contribution in [2.45, 2.75) is 40.2 Å². The molecular formula is C17H24N2OS. The van der Waals surface area contributed by atoms with Gasteiger partial charge in [-0.05, 0) is 44.5 Å². The zero-order valence-corrected chi connectivity index (χ0v) is 13.9. The van der Waals surface area contributed by atoms with Crippen LogP contribution in [0, 0.1) is 13.8 Å². The van der Waals surface area contributed by atoms with Gasteiger partial charge >= 0.3 is 0 Å². The van der Waals surface area contributed by atoms with E-state index >= 15 is 0 Å². The van der Waals surface area contributed by atoms with Crippen LogP contribution in [0.5, 0.6) is 5.75 Å². The molecule has 2 aromatic rings. The van der Waals surface area contributed by atoms with E-state index < -0.39 is 0 Å². The molecule has 1 heterocycles. The first kappa shape index (κ1) is 16.0. The van der Waals surface area contributed by atoms with E-state index in [4.69, 9.17) is 4.74 Å². The third kappa shape index (κ3) is 5.14. The van der Waals surface area contributed by atoms with Gasteiger partial charge in [0.25, 0.3) is 0 Å². The fraction of sp³-hybridized carbons (Fsp3) is 0.471. The van der Waals surface area contributed by atoms with E-state index in [9.17, 15) is 0 Å². The number of aromatic nitrogens is 1. The molecule has 1 aromatic heterocycles. The number of nitrogens with one attached hydrogen (secondary N) is 1. The predicted molar refractivity (Wildman–Crippen MR) is 89.2 cm³/mol. The van der Waals surface area contributed by atoms with Gasteiger partial charge in [-0.25, -0.2) is 4.98 Å². The molecule has 3 nitrogen and oxygen atoms in total. The monoisotopic (exact) mass is 304 g/mol. The SMILES string of the molecule is CCCNCc1sc(CCOc2cccc(C)c2)nc1C. The first-order valence-corrected chi connectivity index (χ1v) is 8.36. The summed E-state index contributed by atoms with van der Waals surface area (Å²) in [5.41, 5.74) is 2.37. The lowest BCUT2D eigenvalue weighted by Gasteiger charge is -2.05. The first-order valence-electron chi connectivity index (χ1n) is 7.54. The zero-order valence-electron chi connectivity index (χ0n) is 13.1. The molecule has 0 saturated heterocycles. The molecule has 1 aromatic carbocycles. The zero-order chi connectivity index (χ0) is 15.1. The van der Waals surface area contributed by atoms with E-state index in [0.29, 0.717) is 6.61 Å². The molecule has 0 aliphatic heterocycles. The van der Waals surface area contributed by atoms with Crippen molar-refractivity contribution in [3.63, 3.8) is 0 Å². The molecule has 0 atom stereocenters. The third-order valence-electron chi connectivity index (χ3n) is 3.22. The van der Waals surface area contributed by atoms with Crippen molar-refractivity contribution in [2.24, 2.45) is 0 Å². The lowest BCUT2D eigenvalue weighted by Crippen LogP contribution is -2.13. The van der Waals surface area contributed by atoms with Gasteiger partial charge in [0.1, 0.15) is 5.75 Å². The summed E-state index contributed by atoms with van der Waals surface area (Å²) in [6.45, 7) is 9.01. The fourth-order valence-corrected chi connectivity index (χ4v) is 3.12. The van der Waals surface area contributed by atoms with Gasteiger partial charge in [0.2, 0.25) is 0 Å². The molecule has 0 aliphatic rings. The van der Waals surface area contributed by atoms with Gasteiger partial charge < -0.3 is 10.1 Å². The number of benzene rings is 1. The van der Waals surface area contributed by atoms with Crippen LogP contribution < -0.4 is 10.1 Å². The Balaban J connectivity index is 1.82. The van der Waals surface area contributed by atoms with Crippen molar-refractivity contribution in [1.82, 2.24) is 10.3 Å². The summed E-state index contributed by atoms with van der Waals surface area (Å²) < 4.78 is 5.79. The van der Waals surface area contributed by atoms with Crippen LogP contribution in [0.1, 0.15) is 34.5 Å². The Morgan fingerprint density at radius 3 is 2.90 bits per heavy atom.